The summed E-state index contributed by atoms with van der Waals surface area (Å²) >= 11 is 1.56. The van der Waals surface area contributed by atoms with Gasteiger partial charge in [0.15, 0.2) is 13.1 Å². The van der Waals surface area contributed by atoms with Gasteiger partial charge in [-0.15, -0.1) is 0 Å². The summed E-state index contributed by atoms with van der Waals surface area (Å²) in [6.07, 6.45) is 1.04. The molecule has 46 valence electrons. The van der Waals surface area contributed by atoms with Crippen molar-refractivity contribution in [2.45, 2.75) is 3.26 Å². The van der Waals surface area contributed by atoms with E-state index in [2.05, 4.69) is 0 Å². The Morgan fingerprint density at radius 1 is 1.75 bits per heavy atom. The van der Waals surface area contributed by atoms with Crippen molar-refractivity contribution in [3.05, 3.63) is 0 Å². The van der Waals surface area contributed by atoms with Crippen molar-refractivity contribution in [2.75, 3.05) is 6.26 Å². The molecule has 5 heteroatoms. The smallest absolute Gasteiger partial charge is 0.198 e. The third kappa shape index (κ3) is 2.47. The van der Waals surface area contributed by atoms with E-state index in [-0.39, 0.29) is 0 Å². The highest BCUT2D eigenvalue weighted by molar-refractivity contribution is 14.1. The van der Waals surface area contributed by atoms with Crippen LogP contribution in [0.1, 0.15) is 0 Å². The van der Waals surface area contributed by atoms with E-state index in [0.717, 1.165) is 6.26 Å². The third-order valence-corrected chi connectivity index (χ3v) is 4.38. The maximum Gasteiger partial charge on any atom is 0.198 e. The van der Waals surface area contributed by atoms with Crippen LogP contribution in [0, 0.1) is 11.3 Å². The van der Waals surface area contributed by atoms with E-state index in [1.54, 1.807) is 28.7 Å². The summed E-state index contributed by atoms with van der Waals surface area (Å²) in [5.74, 6) is 0. The summed E-state index contributed by atoms with van der Waals surface area (Å²) in [6, 6.07) is 1.60. The molecular weight excluding hydrogens is 241 g/mol. The van der Waals surface area contributed by atoms with Gasteiger partial charge in [0, 0.05) is 6.26 Å². The van der Waals surface area contributed by atoms with Gasteiger partial charge in [-0.05, 0) is 22.6 Å². The molecule has 0 aliphatic carbocycles. The van der Waals surface area contributed by atoms with Gasteiger partial charge in [0.05, 0.1) is 6.07 Å². The lowest BCUT2D eigenvalue weighted by Crippen LogP contribution is -2.08. The standard InChI is InChI=1S/C3H4INO2S/c1-8(6,7)3(4)2-5/h3H,1H3/t3-/m1/s1. The summed E-state index contributed by atoms with van der Waals surface area (Å²) in [4.78, 5) is 0. The molecule has 1 atom stereocenters. The van der Waals surface area contributed by atoms with Crippen LogP contribution < -0.4 is 0 Å². The average molecular weight is 245 g/mol. The normalized spacial score (nSPS) is 14.6. The number of halogens is 1. The van der Waals surface area contributed by atoms with Crippen molar-refractivity contribution in [1.82, 2.24) is 0 Å². The van der Waals surface area contributed by atoms with Crippen LogP contribution in [0.2, 0.25) is 0 Å². The molecule has 0 amide bonds. The van der Waals surface area contributed by atoms with Crippen LogP contribution in [-0.2, 0) is 9.84 Å². The molecule has 0 saturated carbocycles. The molecule has 0 heterocycles. The van der Waals surface area contributed by atoms with Gasteiger partial charge < -0.3 is 0 Å². The second-order valence-corrected chi connectivity index (χ2v) is 5.50. The zero-order chi connectivity index (χ0) is 6.78. The first kappa shape index (κ1) is 8.17. The highest BCUT2D eigenvalue weighted by Crippen LogP contribution is 2.04. The Bertz CT molecular complexity index is 202. The number of nitrogens with zero attached hydrogens (tertiary/aromatic N) is 1. The van der Waals surface area contributed by atoms with E-state index in [0.29, 0.717) is 0 Å². The number of alkyl halides is 1. The summed E-state index contributed by atoms with van der Waals surface area (Å²) in [6.45, 7) is 0. The van der Waals surface area contributed by atoms with Crippen LogP contribution in [-0.4, -0.2) is 17.9 Å². The maximum absolute atomic E-state index is 10.3. The van der Waals surface area contributed by atoms with E-state index in [1.165, 1.54) is 0 Å². The fourth-order valence-corrected chi connectivity index (χ4v) is 0.287. The summed E-state index contributed by atoms with van der Waals surface area (Å²) in [5, 5.41) is 8.03. The number of hydrogen-bond donors (Lipinski definition) is 0. The van der Waals surface area contributed by atoms with E-state index < -0.39 is 13.1 Å². The first-order chi connectivity index (χ1) is 3.48. The monoisotopic (exact) mass is 245 g/mol. The van der Waals surface area contributed by atoms with Gasteiger partial charge in [-0.3, -0.25) is 0 Å². The van der Waals surface area contributed by atoms with E-state index in [1.807, 2.05) is 0 Å². The molecule has 0 radical (unpaired) electrons. The topological polar surface area (TPSA) is 57.9 Å². The Hall–Kier alpha value is 0.170. The van der Waals surface area contributed by atoms with Gasteiger partial charge in [-0.1, -0.05) is 0 Å². The van der Waals surface area contributed by atoms with Gasteiger partial charge >= 0.3 is 0 Å². The van der Waals surface area contributed by atoms with Crippen molar-refractivity contribution < 1.29 is 8.42 Å². The molecule has 0 aromatic rings. The van der Waals surface area contributed by atoms with Crippen molar-refractivity contribution in [2.24, 2.45) is 0 Å². The Labute approximate surface area is 61.7 Å². The number of hydrogen-bond acceptors (Lipinski definition) is 3. The zero-order valence-electron chi connectivity index (χ0n) is 4.13. The highest BCUT2D eigenvalue weighted by Gasteiger charge is 2.13. The average Bonchev–Trinajstić information content (AvgIpc) is 1.62. The second kappa shape index (κ2) is 2.64. The lowest BCUT2D eigenvalue weighted by atomic mass is 10.9. The van der Waals surface area contributed by atoms with Crippen LogP contribution in [0.4, 0.5) is 0 Å². The van der Waals surface area contributed by atoms with Crippen molar-refractivity contribution in [1.29, 1.82) is 5.26 Å². The predicted octanol–water partition coefficient (Wildman–Crippen LogP) is 0.316. The van der Waals surface area contributed by atoms with Gasteiger partial charge in [-0.2, -0.15) is 5.26 Å². The van der Waals surface area contributed by atoms with Gasteiger partial charge in [-0.25, -0.2) is 8.42 Å². The molecule has 0 unspecified atom stereocenters. The Balaban J connectivity index is 4.34. The molecule has 3 nitrogen and oxygen atoms in total. The first-order valence-electron chi connectivity index (χ1n) is 1.71. The minimum atomic E-state index is -3.13. The summed E-state index contributed by atoms with van der Waals surface area (Å²) in [7, 11) is -3.13. The highest BCUT2D eigenvalue weighted by atomic mass is 127. The van der Waals surface area contributed by atoms with Gasteiger partial charge in [0.1, 0.15) is 0 Å². The largest absolute Gasteiger partial charge is 0.227 e. The number of sulfone groups is 1. The lowest BCUT2D eigenvalue weighted by Gasteiger charge is -1.91. The minimum absolute atomic E-state index is 0.903. The Morgan fingerprint density at radius 2 is 2.12 bits per heavy atom. The molecule has 0 fully saturated rings. The molecule has 0 rings (SSSR count). The molecule has 0 aromatic carbocycles. The molecule has 0 N–H and O–H groups in total. The fraction of sp³-hybridized carbons (Fsp3) is 0.667. The van der Waals surface area contributed by atoms with Crippen molar-refractivity contribution in [3.63, 3.8) is 0 Å². The van der Waals surface area contributed by atoms with Crippen molar-refractivity contribution >= 4 is 32.4 Å². The molecule has 0 bridgehead atoms. The van der Waals surface area contributed by atoms with E-state index in [9.17, 15) is 8.42 Å². The molecule has 0 aliphatic rings. The third-order valence-electron chi connectivity index (χ3n) is 0.477. The van der Waals surface area contributed by atoms with Crippen molar-refractivity contribution in [3.8, 4) is 6.07 Å². The first-order valence-corrected chi connectivity index (χ1v) is 4.91. The van der Waals surface area contributed by atoms with Crippen LogP contribution >= 0.6 is 22.6 Å². The number of rotatable bonds is 1. The van der Waals surface area contributed by atoms with Crippen LogP contribution in [0.15, 0.2) is 0 Å². The molecule has 0 aromatic heterocycles. The van der Waals surface area contributed by atoms with E-state index in [4.69, 9.17) is 5.26 Å². The van der Waals surface area contributed by atoms with Crippen LogP contribution in [0.5, 0.6) is 0 Å². The second-order valence-electron chi connectivity index (χ2n) is 1.27. The maximum atomic E-state index is 10.3. The zero-order valence-corrected chi connectivity index (χ0v) is 7.10. The number of nitriles is 1. The minimum Gasteiger partial charge on any atom is -0.227 e. The Morgan fingerprint density at radius 3 is 2.12 bits per heavy atom. The predicted molar refractivity (Wildman–Crippen MR) is 38.3 cm³/mol. The Kier molecular flexibility index (Phi) is 2.70. The quantitative estimate of drug-likeness (QED) is 0.493. The molecule has 0 saturated heterocycles. The van der Waals surface area contributed by atoms with Gasteiger partial charge in [0.2, 0.25) is 0 Å². The SMILES string of the molecule is CS(=O)(=O)[C@@H](I)C#N. The summed E-state index contributed by atoms with van der Waals surface area (Å²) in [5.41, 5.74) is 0. The van der Waals surface area contributed by atoms with Crippen LogP contribution in [0.25, 0.3) is 0 Å². The molecule has 0 spiro atoms. The fourth-order valence-electron chi connectivity index (χ4n) is 0.0957. The van der Waals surface area contributed by atoms with Gasteiger partial charge in [0.25, 0.3) is 0 Å². The summed E-state index contributed by atoms with van der Waals surface area (Å²) < 4.78 is 19.8. The molecular formula is C3H4INO2S. The molecule has 8 heavy (non-hydrogen) atoms. The van der Waals surface area contributed by atoms with Crippen LogP contribution in [0.3, 0.4) is 0 Å². The lowest BCUT2D eigenvalue weighted by molar-refractivity contribution is 0.604. The molecule has 0 aliphatic heterocycles. The van der Waals surface area contributed by atoms with E-state index >= 15 is 0 Å².